The van der Waals surface area contributed by atoms with Crippen LogP contribution in [0.2, 0.25) is 0 Å². The molecule has 0 aliphatic heterocycles. The number of hydrogen-bond acceptors (Lipinski definition) is 5. The van der Waals surface area contributed by atoms with Crippen molar-refractivity contribution < 1.29 is 18.1 Å². The predicted molar refractivity (Wildman–Crippen MR) is 50.2 cm³/mol. The van der Waals surface area contributed by atoms with Crippen LogP contribution in [0, 0.1) is 0 Å². The highest BCUT2D eigenvalue weighted by Gasteiger charge is 2.31. The van der Waals surface area contributed by atoms with Gasteiger partial charge in [0.05, 0.1) is 13.2 Å². The number of rotatable bonds is 6. The Bertz CT molecular complexity index is 179. The molecule has 13 heavy (non-hydrogen) atoms. The summed E-state index contributed by atoms with van der Waals surface area (Å²) >= 11 is 0. The number of hydrogen-bond donors (Lipinski definition) is 1. The number of phosphoric acid groups is 1. The van der Waals surface area contributed by atoms with Gasteiger partial charge in [-0.15, -0.1) is 0 Å². The van der Waals surface area contributed by atoms with Gasteiger partial charge in [-0.3, -0.25) is 13.6 Å². The molecule has 0 aromatic carbocycles. The summed E-state index contributed by atoms with van der Waals surface area (Å²) in [6.45, 7) is 7.09. The molecule has 0 aliphatic rings. The topological polar surface area (TPSA) is 70.8 Å². The zero-order valence-corrected chi connectivity index (χ0v) is 9.47. The van der Waals surface area contributed by atoms with Gasteiger partial charge in [0.1, 0.15) is 5.72 Å². The van der Waals surface area contributed by atoms with Crippen LogP contribution in [0.4, 0.5) is 0 Å². The van der Waals surface area contributed by atoms with Crippen LogP contribution < -0.4 is 5.73 Å². The molecule has 80 valence electrons. The quantitative estimate of drug-likeness (QED) is 0.536. The molecule has 0 aromatic heterocycles. The van der Waals surface area contributed by atoms with Gasteiger partial charge in [-0.05, 0) is 27.7 Å². The van der Waals surface area contributed by atoms with Crippen LogP contribution in [-0.2, 0) is 18.1 Å². The van der Waals surface area contributed by atoms with Gasteiger partial charge in [0.15, 0.2) is 0 Å². The Hall–Kier alpha value is 0.0700. The van der Waals surface area contributed by atoms with E-state index in [-0.39, 0.29) is 13.2 Å². The second kappa shape index (κ2) is 5.08. The van der Waals surface area contributed by atoms with Crippen LogP contribution in [0.5, 0.6) is 0 Å². The zero-order chi connectivity index (χ0) is 10.5. The number of nitrogens with two attached hydrogens (primary N) is 1. The molecule has 0 amide bonds. The smallest absolute Gasteiger partial charge is 0.303 e. The summed E-state index contributed by atoms with van der Waals surface area (Å²) in [4.78, 5) is 0. The first-order valence-electron chi connectivity index (χ1n) is 4.21. The van der Waals surface area contributed by atoms with Crippen molar-refractivity contribution in [1.29, 1.82) is 0 Å². The van der Waals surface area contributed by atoms with Crippen molar-refractivity contribution in [3.8, 4) is 0 Å². The molecule has 0 saturated carbocycles. The van der Waals surface area contributed by atoms with Gasteiger partial charge < -0.3 is 5.73 Å². The third-order valence-electron chi connectivity index (χ3n) is 0.922. The Balaban J connectivity index is 4.33. The SMILES string of the molecule is CCOP(=O)(OCC)OC(C)(C)N. The van der Waals surface area contributed by atoms with E-state index in [1.165, 1.54) is 0 Å². The fourth-order valence-electron chi connectivity index (χ4n) is 0.694. The van der Waals surface area contributed by atoms with E-state index >= 15 is 0 Å². The van der Waals surface area contributed by atoms with E-state index in [0.29, 0.717) is 0 Å². The third-order valence-corrected chi connectivity index (χ3v) is 2.76. The predicted octanol–water partition coefficient (Wildman–Crippen LogP) is 1.88. The molecule has 0 heterocycles. The summed E-state index contributed by atoms with van der Waals surface area (Å²) in [5, 5.41) is 0. The molecular weight excluding hydrogens is 193 g/mol. The monoisotopic (exact) mass is 211 g/mol. The Labute approximate surface area is 79.2 Å². The van der Waals surface area contributed by atoms with E-state index in [2.05, 4.69) is 0 Å². The molecule has 0 bridgehead atoms. The van der Waals surface area contributed by atoms with E-state index < -0.39 is 13.5 Å². The fourth-order valence-corrected chi connectivity index (χ4v) is 2.08. The largest absolute Gasteiger partial charge is 0.476 e. The maximum absolute atomic E-state index is 11.7. The van der Waals surface area contributed by atoms with E-state index in [4.69, 9.17) is 19.3 Å². The Kier molecular flexibility index (Phi) is 5.10. The standard InChI is InChI=1S/C7H18NO4P/c1-5-10-13(9,11-6-2)12-7(3,4)8/h5-6,8H2,1-4H3. The van der Waals surface area contributed by atoms with Crippen LogP contribution in [0.1, 0.15) is 27.7 Å². The third kappa shape index (κ3) is 6.18. The van der Waals surface area contributed by atoms with Gasteiger partial charge in [0.25, 0.3) is 0 Å². The molecule has 0 rings (SSSR count). The summed E-state index contributed by atoms with van der Waals surface area (Å²) in [5.41, 5.74) is 4.50. The lowest BCUT2D eigenvalue weighted by molar-refractivity contribution is 0.0397. The summed E-state index contributed by atoms with van der Waals surface area (Å²) < 4.78 is 26.4. The normalized spacial score (nSPS) is 13.3. The van der Waals surface area contributed by atoms with E-state index in [0.717, 1.165) is 0 Å². The van der Waals surface area contributed by atoms with Crippen molar-refractivity contribution in [2.24, 2.45) is 5.73 Å². The van der Waals surface area contributed by atoms with Crippen molar-refractivity contribution in [3.05, 3.63) is 0 Å². The van der Waals surface area contributed by atoms with Crippen LogP contribution in [0.25, 0.3) is 0 Å². The maximum atomic E-state index is 11.7. The molecule has 0 radical (unpaired) electrons. The Morgan fingerprint density at radius 2 is 1.62 bits per heavy atom. The molecule has 0 aromatic rings. The summed E-state index contributed by atoms with van der Waals surface area (Å²) in [7, 11) is -3.47. The maximum Gasteiger partial charge on any atom is 0.476 e. The van der Waals surface area contributed by atoms with Crippen LogP contribution >= 0.6 is 7.82 Å². The van der Waals surface area contributed by atoms with Crippen LogP contribution in [0.3, 0.4) is 0 Å². The minimum absolute atomic E-state index is 0.257. The van der Waals surface area contributed by atoms with Gasteiger partial charge in [-0.25, -0.2) is 4.57 Å². The number of phosphoric ester groups is 1. The van der Waals surface area contributed by atoms with Crippen molar-refractivity contribution in [2.75, 3.05) is 13.2 Å². The minimum atomic E-state index is -3.47. The lowest BCUT2D eigenvalue weighted by Gasteiger charge is -2.25. The second-order valence-corrected chi connectivity index (χ2v) is 4.57. The highest BCUT2D eigenvalue weighted by Crippen LogP contribution is 2.51. The first-order chi connectivity index (χ1) is 5.83. The molecule has 0 fully saturated rings. The molecule has 2 N–H and O–H groups in total. The minimum Gasteiger partial charge on any atom is -0.303 e. The highest BCUT2D eigenvalue weighted by molar-refractivity contribution is 7.48. The van der Waals surface area contributed by atoms with E-state index in [1.54, 1.807) is 27.7 Å². The summed E-state index contributed by atoms with van der Waals surface area (Å²) in [5.74, 6) is 0. The average molecular weight is 211 g/mol. The van der Waals surface area contributed by atoms with E-state index in [1.807, 2.05) is 0 Å². The van der Waals surface area contributed by atoms with Gasteiger partial charge in [-0.1, -0.05) is 0 Å². The lowest BCUT2D eigenvalue weighted by atomic mass is 10.4. The molecule has 0 saturated heterocycles. The van der Waals surface area contributed by atoms with Crippen LogP contribution in [0.15, 0.2) is 0 Å². The average Bonchev–Trinajstić information content (AvgIpc) is 1.82. The summed E-state index contributed by atoms with van der Waals surface area (Å²) in [6, 6.07) is 0. The fraction of sp³-hybridized carbons (Fsp3) is 1.00. The molecule has 6 heteroatoms. The highest BCUT2D eigenvalue weighted by atomic mass is 31.2. The van der Waals surface area contributed by atoms with Gasteiger partial charge in [0.2, 0.25) is 0 Å². The molecule has 5 nitrogen and oxygen atoms in total. The Morgan fingerprint density at radius 3 is 1.85 bits per heavy atom. The molecule has 0 atom stereocenters. The first kappa shape index (κ1) is 13.1. The first-order valence-corrected chi connectivity index (χ1v) is 5.68. The van der Waals surface area contributed by atoms with Crippen molar-refractivity contribution >= 4 is 7.82 Å². The molecule has 0 unspecified atom stereocenters. The Morgan fingerprint density at radius 1 is 1.23 bits per heavy atom. The summed E-state index contributed by atoms with van der Waals surface area (Å²) in [6.07, 6.45) is 0. The lowest BCUT2D eigenvalue weighted by Crippen LogP contribution is -2.34. The molecule has 0 aliphatic carbocycles. The van der Waals surface area contributed by atoms with Crippen LogP contribution in [-0.4, -0.2) is 18.9 Å². The molecule has 0 spiro atoms. The zero-order valence-electron chi connectivity index (χ0n) is 8.57. The molecular formula is C7H18NO4P. The van der Waals surface area contributed by atoms with Gasteiger partial charge in [-0.2, -0.15) is 0 Å². The van der Waals surface area contributed by atoms with E-state index in [9.17, 15) is 4.57 Å². The second-order valence-electron chi connectivity index (χ2n) is 2.98. The van der Waals surface area contributed by atoms with Gasteiger partial charge >= 0.3 is 7.82 Å². The van der Waals surface area contributed by atoms with Crippen molar-refractivity contribution in [3.63, 3.8) is 0 Å². The van der Waals surface area contributed by atoms with Crippen molar-refractivity contribution in [2.45, 2.75) is 33.4 Å². The van der Waals surface area contributed by atoms with Crippen molar-refractivity contribution in [1.82, 2.24) is 0 Å². The van der Waals surface area contributed by atoms with Gasteiger partial charge in [0, 0.05) is 0 Å².